The Morgan fingerprint density at radius 3 is 2.26 bits per heavy atom. The number of sulfonamides is 1. The molecule has 0 radical (unpaired) electrons. The van der Waals surface area contributed by atoms with Gasteiger partial charge in [-0.25, -0.2) is 18.4 Å². The Bertz CT molecular complexity index is 794. The number of anilines is 1. The molecule has 0 bridgehead atoms. The first-order valence-corrected chi connectivity index (χ1v) is 9.16. The van der Waals surface area contributed by atoms with E-state index in [0.29, 0.717) is 32.1 Å². The molecule has 1 fully saturated rings. The Morgan fingerprint density at radius 2 is 1.61 bits per heavy atom. The lowest BCUT2D eigenvalue weighted by Gasteiger charge is -2.34. The summed E-state index contributed by atoms with van der Waals surface area (Å²) in [6.07, 6.45) is 3.33. The molecule has 0 spiro atoms. The van der Waals surface area contributed by atoms with Crippen LogP contribution in [0.5, 0.6) is 0 Å². The van der Waals surface area contributed by atoms with Gasteiger partial charge in [-0.15, -0.1) is 0 Å². The fourth-order valence-electron chi connectivity index (χ4n) is 2.41. The topological polar surface area (TPSA) is 66.4 Å². The fraction of sp³-hybridized carbons (Fsp3) is 0.286. The van der Waals surface area contributed by atoms with Gasteiger partial charge >= 0.3 is 0 Å². The zero-order valence-electron chi connectivity index (χ0n) is 12.1. The highest BCUT2D eigenvalue weighted by Crippen LogP contribution is 2.31. The zero-order chi connectivity index (χ0) is 16.4. The highest BCUT2D eigenvalue weighted by molar-refractivity contribution is 7.89. The molecule has 3 rings (SSSR count). The van der Waals surface area contributed by atoms with Crippen molar-refractivity contribution in [2.24, 2.45) is 0 Å². The van der Waals surface area contributed by atoms with Crippen LogP contribution in [0.2, 0.25) is 10.0 Å². The predicted molar refractivity (Wildman–Crippen MR) is 89.5 cm³/mol. The van der Waals surface area contributed by atoms with Gasteiger partial charge in [0.25, 0.3) is 0 Å². The van der Waals surface area contributed by atoms with E-state index >= 15 is 0 Å². The molecule has 0 saturated carbocycles. The number of aromatic nitrogens is 2. The van der Waals surface area contributed by atoms with E-state index in [0.717, 1.165) is 0 Å². The average molecular weight is 373 g/mol. The maximum Gasteiger partial charge on any atom is 0.244 e. The summed E-state index contributed by atoms with van der Waals surface area (Å²) in [4.78, 5) is 10.4. The van der Waals surface area contributed by atoms with Crippen LogP contribution in [0.1, 0.15) is 0 Å². The third kappa shape index (κ3) is 3.28. The molecule has 6 nitrogen and oxygen atoms in total. The molecule has 122 valence electrons. The van der Waals surface area contributed by atoms with Crippen molar-refractivity contribution in [3.05, 3.63) is 46.7 Å². The number of halogens is 2. The van der Waals surface area contributed by atoms with Crippen LogP contribution in [-0.2, 0) is 10.0 Å². The van der Waals surface area contributed by atoms with Crippen LogP contribution in [0, 0.1) is 0 Å². The molecule has 1 aromatic heterocycles. The van der Waals surface area contributed by atoms with Crippen molar-refractivity contribution in [3.63, 3.8) is 0 Å². The van der Waals surface area contributed by atoms with Crippen molar-refractivity contribution in [1.82, 2.24) is 14.3 Å². The SMILES string of the molecule is O=S(=O)(c1cccc(Cl)c1Cl)N1CCN(c2ncccn2)CC1. The van der Waals surface area contributed by atoms with E-state index < -0.39 is 10.0 Å². The van der Waals surface area contributed by atoms with Gasteiger partial charge in [0.2, 0.25) is 16.0 Å². The minimum Gasteiger partial charge on any atom is -0.338 e. The van der Waals surface area contributed by atoms with E-state index in [1.165, 1.54) is 10.4 Å². The lowest BCUT2D eigenvalue weighted by Crippen LogP contribution is -2.49. The second-order valence-corrected chi connectivity index (χ2v) is 7.68. The Kier molecular flexibility index (Phi) is 4.72. The first kappa shape index (κ1) is 16.4. The maximum atomic E-state index is 12.7. The minimum absolute atomic E-state index is 0.0380. The summed E-state index contributed by atoms with van der Waals surface area (Å²) < 4.78 is 26.9. The zero-order valence-corrected chi connectivity index (χ0v) is 14.4. The molecule has 0 aliphatic carbocycles. The quantitative estimate of drug-likeness (QED) is 0.826. The van der Waals surface area contributed by atoms with Crippen molar-refractivity contribution in [1.29, 1.82) is 0 Å². The molecule has 0 N–H and O–H groups in total. The molecule has 1 saturated heterocycles. The largest absolute Gasteiger partial charge is 0.338 e. The molecule has 1 aliphatic heterocycles. The van der Waals surface area contributed by atoms with E-state index in [-0.39, 0.29) is 14.9 Å². The summed E-state index contributed by atoms with van der Waals surface area (Å²) in [6, 6.07) is 6.35. The van der Waals surface area contributed by atoms with Crippen molar-refractivity contribution < 1.29 is 8.42 Å². The van der Waals surface area contributed by atoms with Crippen LogP contribution in [0.4, 0.5) is 5.95 Å². The van der Waals surface area contributed by atoms with Gasteiger partial charge in [0.05, 0.1) is 10.0 Å². The number of rotatable bonds is 3. The van der Waals surface area contributed by atoms with Crippen molar-refractivity contribution in [2.45, 2.75) is 4.90 Å². The number of nitrogens with zero attached hydrogens (tertiary/aromatic N) is 4. The molecule has 1 aliphatic rings. The molecular formula is C14H14Cl2N4O2S. The second-order valence-electron chi connectivity index (χ2n) is 4.99. The monoisotopic (exact) mass is 372 g/mol. The van der Waals surface area contributed by atoms with Crippen LogP contribution < -0.4 is 4.90 Å². The van der Waals surface area contributed by atoms with Gasteiger partial charge in [-0.2, -0.15) is 4.31 Å². The molecular weight excluding hydrogens is 359 g/mol. The average Bonchev–Trinajstić information content (AvgIpc) is 2.58. The molecule has 2 aromatic rings. The summed E-state index contributed by atoms with van der Waals surface area (Å²) in [5.41, 5.74) is 0. The van der Waals surface area contributed by atoms with Crippen molar-refractivity contribution in [3.8, 4) is 0 Å². The van der Waals surface area contributed by atoms with E-state index in [9.17, 15) is 8.42 Å². The number of benzene rings is 1. The Morgan fingerprint density at radius 1 is 0.957 bits per heavy atom. The molecule has 23 heavy (non-hydrogen) atoms. The predicted octanol–water partition coefficient (Wildman–Crippen LogP) is 2.29. The normalized spacial score (nSPS) is 16.5. The Labute approximate surface area is 144 Å². The molecule has 0 amide bonds. The summed E-state index contributed by atoms with van der Waals surface area (Å²) >= 11 is 12.0. The van der Waals surface area contributed by atoms with Gasteiger partial charge in [0.15, 0.2) is 0 Å². The lowest BCUT2D eigenvalue weighted by atomic mass is 10.4. The number of hydrogen-bond acceptors (Lipinski definition) is 5. The fourth-order valence-corrected chi connectivity index (χ4v) is 4.56. The third-order valence-corrected chi connectivity index (χ3v) is 6.48. The summed E-state index contributed by atoms with van der Waals surface area (Å²) in [6.45, 7) is 1.70. The molecule has 9 heteroatoms. The molecule has 1 aromatic carbocycles. The Hall–Kier alpha value is -1.41. The van der Waals surface area contributed by atoms with Crippen LogP contribution >= 0.6 is 23.2 Å². The lowest BCUT2D eigenvalue weighted by molar-refractivity contribution is 0.382. The second kappa shape index (κ2) is 6.60. The van der Waals surface area contributed by atoms with E-state index in [1.807, 2.05) is 4.90 Å². The standard InChI is InChI=1S/C14H14Cl2N4O2S/c15-11-3-1-4-12(13(11)16)23(21,22)20-9-7-19(8-10-20)14-17-5-2-6-18-14/h1-6H,7-10H2. The highest BCUT2D eigenvalue weighted by atomic mass is 35.5. The van der Waals surface area contributed by atoms with Gasteiger partial charge in [-0.1, -0.05) is 29.3 Å². The smallest absolute Gasteiger partial charge is 0.244 e. The first-order chi connectivity index (χ1) is 11.0. The number of piperazine rings is 1. The minimum atomic E-state index is -3.67. The first-order valence-electron chi connectivity index (χ1n) is 6.96. The van der Waals surface area contributed by atoms with Crippen LogP contribution in [0.3, 0.4) is 0 Å². The summed E-state index contributed by atoms with van der Waals surface area (Å²) in [5, 5.41) is 0.284. The molecule has 0 atom stereocenters. The maximum absolute atomic E-state index is 12.7. The third-order valence-electron chi connectivity index (χ3n) is 3.61. The summed E-state index contributed by atoms with van der Waals surface area (Å²) in [7, 11) is -3.67. The van der Waals surface area contributed by atoms with E-state index in [2.05, 4.69) is 9.97 Å². The van der Waals surface area contributed by atoms with Crippen molar-refractivity contribution >= 4 is 39.2 Å². The highest BCUT2D eigenvalue weighted by Gasteiger charge is 2.31. The molecule has 0 unspecified atom stereocenters. The Balaban J connectivity index is 1.78. The van der Waals surface area contributed by atoms with Crippen LogP contribution in [-0.4, -0.2) is 48.9 Å². The van der Waals surface area contributed by atoms with Gasteiger partial charge in [0, 0.05) is 38.6 Å². The van der Waals surface area contributed by atoms with E-state index in [4.69, 9.17) is 23.2 Å². The molecule has 2 heterocycles. The van der Waals surface area contributed by atoms with E-state index in [1.54, 1.807) is 30.6 Å². The number of hydrogen-bond donors (Lipinski definition) is 0. The van der Waals surface area contributed by atoms with Gasteiger partial charge < -0.3 is 4.90 Å². The van der Waals surface area contributed by atoms with Gasteiger partial charge in [-0.3, -0.25) is 0 Å². The van der Waals surface area contributed by atoms with Crippen LogP contribution in [0.25, 0.3) is 0 Å². The van der Waals surface area contributed by atoms with Gasteiger partial charge in [0.1, 0.15) is 4.90 Å². The van der Waals surface area contributed by atoms with Gasteiger partial charge in [-0.05, 0) is 18.2 Å². The van der Waals surface area contributed by atoms with Crippen LogP contribution in [0.15, 0.2) is 41.6 Å². The van der Waals surface area contributed by atoms with Crippen molar-refractivity contribution in [2.75, 3.05) is 31.1 Å². The summed E-state index contributed by atoms with van der Waals surface area (Å²) in [5.74, 6) is 0.602.